The SMILES string of the molecule is CCCC[C@H](c1ccc(Br)cc1F)N1CCNCC1. The molecule has 1 aliphatic rings. The quantitative estimate of drug-likeness (QED) is 0.886. The number of halogens is 2. The number of hydrogen-bond acceptors (Lipinski definition) is 2. The number of benzene rings is 1. The Kier molecular flexibility index (Phi) is 5.79. The van der Waals surface area contributed by atoms with Gasteiger partial charge in [0.25, 0.3) is 0 Å². The molecule has 106 valence electrons. The topological polar surface area (TPSA) is 15.3 Å². The third-order valence-corrected chi connectivity index (χ3v) is 4.24. The van der Waals surface area contributed by atoms with Crippen LogP contribution in [0.3, 0.4) is 0 Å². The number of hydrogen-bond donors (Lipinski definition) is 1. The van der Waals surface area contributed by atoms with Crippen LogP contribution in [0.5, 0.6) is 0 Å². The molecule has 1 aromatic rings. The van der Waals surface area contributed by atoms with Gasteiger partial charge in [0, 0.05) is 42.3 Å². The average Bonchev–Trinajstić information content (AvgIpc) is 2.42. The molecule has 1 fully saturated rings. The van der Waals surface area contributed by atoms with Gasteiger partial charge in [0.2, 0.25) is 0 Å². The Morgan fingerprint density at radius 3 is 2.74 bits per heavy atom. The zero-order valence-corrected chi connectivity index (χ0v) is 13.0. The molecule has 1 atom stereocenters. The number of piperazine rings is 1. The summed E-state index contributed by atoms with van der Waals surface area (Å²) in [6.45, 7) is 6.20. The number of nitrogens with one attached hydrogen (secondary N) is 1. The molecule has 1 aromatic carbocycles. The zero-order chi connectivity index (χ0) is 13.7. The van der Waals surface area contributed by atoms with Crippen molar-refractivity contribution < 1.29 is 4.39 Å². The molecule has 0 aromatic heterocycles. The predicted molar refractivity (Wildman–Crippen MR) is 80.8 cm³/mol. The van der Waals surface area contributed by atoms with E-state index in [0.29, 0.717) is 0 Å². The molecule has 0 aliphatic carbocycles. The lowest BCUT2D eigenvalue weighted by molar-refractivity contribution is 0.160. The second-order valence-electron chi connectivity index (χ2n) is 5.11. The van der Waals surface area contributed by atoms with E-state index in [0.717, 1.165) is 55.5 Å². The summed E-state index contributed by atoms with van der Waals surface area (Å²) in [6.07, 6.45) is 3.33. The summed E-state index contributed by atoms with van der Waals surface area (Å²) in [5.74, 6) is -0.0889. The minimum absolute atomic E-state index is 0.0889. The van der Waals surface area contributed by atoms with Gasteiger partial charge in [-0.2, -0.15) is 0 Å². The van der Waals surface area contributed by atoms with E-state index in [4.69, 9.17) is 0 Å². The van der Waals surface area contributed by atoms with Crippen LogP contribution >= 0.6 is 15.9 Å². The Morgan fingerprint density at radius 1 is 1.37 bits per heavy atom. The first-order valence-electron chi connectivity index (χ1n) is 7.12. The van der Waals surface area contributed by atoms with Crippen LogP contribution in [0.1, 0.15) is 37.8 Å². The third-order valence-electron chi connectivity index (χ3n) is 3.74. The van der Waals surface area contributed by atoms with E-state index in [9.17, 15) is 4.39 Å². The van der Waals surface area contributed by atoms with Crippen LogP contribution in [0.4, 0.5) is 4.39 Å². The summed E-state index contributed by atoms with van der Waals surface area (Å²) in [4.78, 5) is 2.42. The molecule has 0 bridgehead atoms. The third kappa shape index (κ3) is 4.01. The van der Waals surface area contributed by atoms with Crippen LogP contribution in [-0.2, 0) is 0 Å². The fourth-order valence-electron chi connectivity index (χ4n) is 2.70. The summed E-state index contributed by atoms with van der Waals surface area (Å²) >= 11 is 3.33. The Labute approximate surface area is 123 Å². The molecule has 1 saturated heterocycles. The fraction of sp³-hybridized carbons (Fsp3) is 0.600. The minimum Gasteiger partial charge on any atom is -0.314 e. The van der Waals surface area contributed by atoms with Gasteiger partial charge in [-0.25, -0.2) is 4.39 Å². The van der Waals surface area contributed by atoms with Crippen molar-refractivity contribution in [3.63, 3.8) is 0 Å². The lowest BCUT2D eigenvalue weighted by Crippen LogP contribution is -2.45. The number of unbranched alkanes of at least 4 members (excludes halogenated alkanes) is 1. The minimum atomic E-state index is -0.0889. The van der Waals surface area contributed by atoms with Crippen LogP contribution in [0.15, 0.2) is 22.7 Å². The molecule has 19 heavy (non-hydrogen) atoms. The normalized spacial score (nSPS) is 18.5. The van der Waals surface area contributed by atoms with Crippen LogP contribution < -0.4 is 5.32 Å². The van der Waals surface area contributed by atoms with E-state index in [1.54, 1.807) is 6.07 Å². The molecule has 0 radical (unpaired) electrons. The van der Waals surface area contributed by atoms with Crippen LogP contribution in [0, 0.1) is 5.82 Å². The fourth-order valence-corrected chi connectivity index (χ4v) is 3.03. The van der Waals surface area contributed by atoms with Crippen molar-refractivity contribution in [1.82, 2.24) is 10.2 Å². The van der Waals surface area contributed by atoms with E-state index in [1.165, 1.54) is 0 Å². The van der Waals surface area contributed by atoms with Crippen molar-refractivity contribution in [2.24, 2.45) is 0 Å². The zero-order valence-electron chi connectivity index (χ0n) is 11.5. The summed E-state index contributed by atoms with van der Waals surface area (Å²) in [7, 11) is 0. The highest BCUT2D eigenvalue weighted by atomic mass is 79.9. The maximum absolute atomic E-state index is 14.2. The van der Waals surface area contributed by atoms with Gasteiger partial charge < -0.3 is 5.32 Å². The number of nitrogens with zero attached hydrogens (tertiary/aromatic N) is 1. The highest BCUT2D eigenvalue weighted by Gasteiger charge is 2.24. The standard InChI is InChI=1S/C15H22BrFN2/c1-2-3-4-15(19-9-7-18-8-10-19)13-6-5-12(16)11-14(13)17/h5-6,11,15,18H,2-4,7-10H2,1H3/t15-/m1/s1. The summed E-state index contributed by atoms with van der Waals surface area (Å²) in [5, 5.41) is 3.36. The molecule has 2 nitrogen and oxygen atoms in total. The molecular weight excluding hydrogens is 307 g/mol. The van der Waals surface area contributed by atoms with Crippen molar-refractivity contribution >= 4 is 15.9 Å². The van der Waals surface area contributed by atoms with Gasteiger partial charge in [0.1, 0.15) is 5.82 Å². The van der Waals surface area contributed by atoms with Gasteiger partial charge in [0.05, 0.1) is 0 Å². The van der Waals surface area contributed by atoms with Gasteiger partial charge in [-0.3, -0.25) is 4.90 Å². The number of rotatable bonds is 5. The maximum Gasteiger partial charge on any atom is 0.129 e. The van der Waals surface area contributed by atoms with Crippen molar-refractivity contribution in [2.45, 2.75) is 32.2 Å². The van der Waals surface area contributed by atoms with Crippen LogP contribution in [0.25, 0.3) is 0 Å². The molecule has 4 heteroatoms. The second kappa shape index (κ2) is 7.36. The van der Waals surface area contributed by atoms with E-state index in [1.807, 2.05) is 12.1 Å². The Morgan fingerprint density at radius 2 is 2.11 bits per heavy atom. The first-order valence-corrected chi connectivity index (χ1v) is 7.91. The Balaban J connectivity index is 2.19. The molecule has 1 aliphatic heterocycles. The van der Waals surface area contributed by atoms with Crippen molar-refractivity contribution in [1.29, 1.82) is 0 Å². The summed E-state index contributed by atoms with van der Waals surface area (Å²) < 4.78 is 15.0. The van der Waals surface area contributed by atoms with Gasteiger partial charge in [-0.1, -0.05) is 41.8 Å². The van der Waals surface area contributed by atoms with E-state index < -0.39 is 0 Å². The Hall–Kier alpha value is -0.450. The van der Waals surface area contributed by atoms with Crippen molar-refractivity contribution in [2.75, 3.05) is 26.2 Å². The molecule has 0 saturated carbocycles. The van der Waals surface area contributed by atoms with Crippen molar-refractivity contribution in [3.05, 3.63) is 34.1 Å². The van der Waals surface area contributed by atoms with Crippen molar-refractivity contribution in [3.8, 4) is 0 Å². The molecular formula is C15H22BrFN2. The van der Waals surface area contributed by atoms with Crippen LogP contribution in [-0.4, -0.2) is 31.1 Å². The van der Waals surface area contributed by atoms with Gasteiger partial charge >= 0.3 is 0 Å². The molecule has 1 N–H and O–H groups in total. The summed E-state index contributed by atoms with van der Waals surface area (Å²) in [5.41, 5.74) is 0.846. The second-order valence-corrected chi connectivity index (χ2v) is 6.03. The van der Waals surface area contributed by atoms with E-state index in [2.05, 4.69) is 33.1 Å². The molecule has 2 rings (SSSR count). The van der Waals surface area contributed by atoms with Crippen LogP contribution in [0.2, 0.25) is 0 Å². The summed E-state index contributed by atoms with van der Waals surface area (Å²) in [6, 6.07) is 5.67. The molecule has 0 spiro atoms. The first kappa shape index (κ1) is 14.9. The average molecular weight is 329 g/mol. The van der Waals surface area contributed by atoms with Gasteiger partial charge in [-0.15, -0.1) is 0 Å². The molecule has 0 unspecified atom stereocenters. The van der Waals surface area contributed by atoms with E-state index in [-0.39, 0.29) is 11.9 Å². The smallest absolute Gasteiger partial charge is 0.129 e. The molecule has 0 amide bonds. The lowest BCUT2D eigenvalue weighted by Gasteiger charge is -2.35. The largest absolute Gasteiger partial charge is 0.314 e. The maximum atomic E-state index is 14.2. The van der Waals surface area contributed by atoms with E-state index >= 15 is 0 Å². The first-order chi connectivity index (χ1) is 9.22. The lowest BCUT2D eigenvalue weighted by atomic mass is 9.98. The molecule has 1 heterocycles. The predicted octanol–water partition coefficient (Wildman–Crippen LogP) is 3.72. The highest BCUT2D eigenvalue weighted by Crippen LogP contribution is 2.30. The van der Waals surface area contributed by atoms with Gasteiger partial charge in [-0.05, 0) is 18.6 Å². The Bertz CT molecular complexity index is 405. The van der Waals surface area contributed by atoms with Gasteiger partial charge in [0.15, 0.2) is 0 Å². The highest BCUT2D eigenvalue weighted by molar-refractivity contribution is 9.10. The monoisotopic (exact) mass is 328 g/mol.